The van der Waals surface area contributed by atoms with E-state index < -0.39 is 0 Å². The number of hydrogen-bond donors (Lipinski definition) is 2. The Morgan fingerprint density at radius 2 is 1.82 bits per heavy atom. The average molecular weight is 545 g/mol. The molecule has 2 amide bonds. The second-order valence-corrected chi connectivity index (χ2v) is 12.1. The summed E-state index contributed by atoms with van der Waals surface area (Å²) in [7, 11) is 0. The monoisotopic (exact) mass is 544 g/mol. The summed E-state index contributed by atoms with van der Waals surface area (Å²) < 4.78 is 10.9. The molecule has 2 aliphatic heterocycles. The number of carbonyl (C=O) groups excluding carboxylic acids is 2. The number of hydrogen-bond acceptors (Lipinski definition) is 6. The van der Waals surface area contributed by atoms with Crippen molar-refractivity contribution < 1.29 is 18.8 Å². The van der Waals surface area contributed by atoms with Crippen LogP contribution in [0.1, 0.15) is 84.1 Å². The van der Waals surface area contributed by atoms with E-state index in [0.29, 0.717) is 23.5 Å². The average Bonchev–Trinajstić information content (AvgIpc) is 3.71. The van der Waals surface area contributed by atoms with Gasteiger partial charge in [-0.15, -0.1) is 0 Å². The summed E-state index contributed by atoms with van der Waals surface area (Å²) in [5.41, 5.74) is 5.82. The molecule has 8 nitrogen and oxygen atoms in total. The highest BCUT2D eigenvalue weighted by Crippen LogP contribution is 2.29. The van der Waals surface area contributed by atoms with Gasteiger partial charge in [0.1, 0.15) is 5.69 Å². The second kappa shape index (κ2) is 11.9. The number of amides is 2. The summed E-state index contributed by atoms with van der Waals surface area (Å²) in [6, 6.07) is 13.6. The molecule has 2 N–H and O–H groups in total. The summed E-state index contributed by atoms with van der Waals surface area (Å²) in [5, 5.41) is 10.1. The van der Waals surface area contributed by atoms with Crippen molar-refractivity contribution in [2.24, 2.45) is 0 Å². The molecular weight excluding hydrogens is 504 g/mol. The number of carbonyl (C=O) groups is 2. The molecule has 40 heavy (non-hydrogen) atoms. The zero-order valence-electron chi connectivity index (χ0n) is 24.0. The highest BCUT2D eigenvalue weighted by atomic mass is 16.5. The SMILES string of the molecule is Cc1ccc(NC(=O)c2cc(CN3CCCC3)cc(C(C)(C)C)c2)cc1-c1cc(C(=O)NCC2CCCO2)on1. The summed E-state index contributed by atoms with van der Waals surface area (Å²) in [4.78, 5) is 28.5. The van der Waals surface area contributed by atoms with Gasteiger partial charge in [0.15, 0.2) is 0 Å². The summed E-state index contributed by atoms with van der Waals surface area (Å²) >= 11 is 0. The van der Waals surface area contributed by atoms with Crippen LogP contribution in [0.5, 0.6) is 0 Å². The van der Waals surface area contributed by atoms with Gasteiger partial charge in [0.25, 0.3) is 11.8 Å². The van der Waals surface area contributed by atoms with Gasteiger partial charge in [-0.05, 0) is 92.1 Å². The summed E-state index contributed by atoms with van der Waals surface area (Å²) in [5.74, 6) is -0.330. The number of aryl methyl sites for hydroxylation is 1. The van der Waals surface area contributed by atoms with Crippen molar-refractivity contribution in [1.82, 2.24) is 15.4 Å². The smallest absolute Gasteiger partial charge is 0.290 e. The molecule has 212 valence electrons. The number of ether oxygens (including phenoxy) is 1. The lowest BCUT2D eigenvalue weighted by molar-refractivity contribution is 0.0827. The second-order valence-electron chi connectivity index (χ2n) is 12.1. The van der Waals surface area contributed by atoms with E-state index in [2.05, 4.69) is 47.5 Å². The van der Waals surface area contributed by atoms with E-state index in [1.165, 1.54) is 12.8 Å². The van der Waals surface area contributed by atoms with Crippen LogP contribution < -0.4 is 10.6 Å². The molecule has 0 radical (unpaired) electrons. The van der Waals surface area contributed by atoms with Crippen LogP contribution in [0.15, 0.2) is 47.0 Å². The van der Waals surface area contributed by atoms with Crippen LogP contribution in [0, 0.1) is 6.92 Å². The molecule has 0 saturated carbocycles. The zero-order chi connectivity index (χ0) is 28.3. The number of nitrogens with zero attached hydrogens (tertiary/aromatic N) is 2. The maximum Gasteiger partial charge on any atom is 0.290 e. The van der Waals surface area contributed by atoms with Crippen molar-refractivity contribution in [2.75, 3.05) is 31.6 Å². The minimum absolute atomic E-state index is 0.0502. The molecule has 2 aliphatic rings. The first kappa shape index (κ1) is 28.1. The predicted molar refractivity (Wildman–Crippen MR) is 156 cm³/mol. The number of anilines is 1. The Morgan fingerprint density at radius 1 is 1.02 bits per heavy atom. The van der Waals surface area contributed by atoms with E-state index in [9.17, 15) is 9.59 Å². The molecule has 0 aliphatic carbocycles. The van der Waals surface area contributed by atoms with Crippen molar-refractivity contribution in [3.8, 4) is 11.3 Å². The van der Waals surface area contributed by atoms with E-state index in [0.717, 1.165) is 61.3 Å². The highest BCUT2D eigenvalue weighted by molar-refractivity contribution is 6.05. The third-order valence-electron chi connectivity index (χ3n) is 7.75. The lowest BCUT2D eigenvalue weighted by Gasteiger charge is -2.23. The molecule has 8 heteroatoms. The van der Waals surface area contributed by atoms with Gasteiger partial charge in [-0.2, -0.15) is 0 Å². The predicted octanol–water partition coefficient (Wildman–Crippen LogP) is 5.70. The molecule has 2 aromatic carbocycles. The van der Waals surface area contributed by atoms with Crippen molar-refractivity contribution >= 4 is 17.5 Å². The standard InChI is InChI=1S/C32H40N4O4/c1-21-9-10-25(17-27(21)28-18-29(40-35-28)31(38)33-19-26-8-7-13-39-26)34-30(37)23-14-22(20-36-11-5-6-12-36)15-24(16-23)32(2,3)4/h9-10,14-18,26H,5-8,11-13,19-20H2,1-4H3,(H,33,38)(H,34,37). The Balaban J connectivity index is 1.31. The van der Waals surface area contributed by atoms with Crippen LogP contribution in [-0.2, 0) is 16.7 Å². The third kappa shape index (κ3) is 6.80. The molecule has 1 aromatic heterocycles. The fourth-order valence-electron chi connectivity index (χ4n) is 5.33. The maximum absolute atomic E-state index is 13.5. The van der Waals surface area contributed by atoms with E-state index in [4.69, 9.17) is 9.26 Å². The maximum atomic E-state index is 13.5. The number of rotatable bonds is 8. The van der Waals surface area contributed by atoms with Crippen LogP contribution in [0.3, 0.4) is 0 Å². The Hall–Kier alpha value is -3.49. The Kier molecular flexibility index (Phi) is 8.38. The van der Waals surface area contributed by atoms with Gasteiger partial charge in [-0.3, -0.25) is 14.5 Å². The topological polar surface area (TPSA) is 96.7 Å². The van der Waals surface area contributed by atoms with E-state index in [-0.39, 0.29) is 29.1 Å². The van der Waals surface area contributed by atoms with Gasteiger partial charge >= 0.3 is 0 Å². The molecule has 3 heterocycles. The number of likely N-dealkylation sites (tertiary alicyclic amines) is 1. The molecule has 2 saturated heterocycles. The molecule has 0 spiro atoms. The minimum Gasteiger partial charge on any atom is -0.376 e. The van der Waals surface area contributed by atoms with Crippen molar-refractivity contribution in [3.63, 3.8) is 0 Å². The van der Waals surface area contributed by atoms with Gasteiger partial charge in [0, 0.05) is 42.6 Å². The third-order valence-corrected chi connectivity index (χ3v) is 7.75. The van der Waals surface area contributed by atoms with Crippen LogP contribution in [0.2, 0.25) is 0 Å². The minimum atomic E-state index is -0.320. The number of benzene rings is 2. The first-order valence-electron chi connectivity index (χ1n) is 14.3. The molecule has 3 aromatic rings. The molecular formula is C32H40N4O4. The molecule has 1 atom stereocenters. The lowest BCUT2D eigenvalue weighted by Crippen LogP contribution is -2.31. The molecule has 5 rings (SSSR count). The van der Waals surface area contributed by atoms with E-state index >= 15 is 0 Å². The van der Waals surface area contributed by atoms with Gasteiger partial charge in [-0.25, -0.2) is 0 Å². The van der Waals surface area contributed by atoms with Crippen LogP contribution in [-0.4, -0.2) is 54.2 Å². The van der Waals surface area contributed by atoms with Crippen LogP contribution in [0.25, 0.3) is 11.3 Å². The quantitative estimate of drug-likeness (QED) is 0.377. The summed E-state index contributed by atoms with van der Waals surface area (Å²) in [6.07, 6.45) is 4.47. The van der Waals surface area contributed by atoms with Crippen molar-refractivity contribution in [2.45, 2.75) is 71.4 Å². The number of aromatic nitrogens is 1. The van der Waals surface area contributed by atoms with Gasteiger partial charge in [-0.1, -0.05) is 38.1 Å². The van der Waals surface area contributed by atoms with Crippen LogP contribution in [0.4, 0.5) is 5.69 Å². The van der Waals surface area contributed by atoms with Crippen molar-refractivity contribution in [3.05, 3.63) is 70.5 Å². The first-order chi connectivity index (χ1) is 19.2. The Bertz CT molecular complexity index is 1360. The van der Waals surface area contributed by atoms with Gasteiger partial charge in [0.05, 0.1) is 6.10 Å². The lowest BCUT2D eigenvalue weighted by atomic mass is 9.85. The largest absolute Gasteiger partial charge is 0.376 e. The van der Waals surface area contributed by atoms with Gasteiger partial charge in [0.2, 0.25) is 5.76 Å². The molecule has 1 unspecified atom stereocenters. The first-order valence-corrected chi connectivity index (χ1v) is 14.3. The highest BCUT2D eigenvalue weighted by Gasteiger charge is 2.22. The van der Waals surface area contributed by atoms with E-state index in [1.54, 1.807) is 6.07 Å². The van der Waals surface area contributed by atoms with Gasteiger partial charge < -0.3 is 19.9 Å². The normalized spacial score (nSPS) is 17.8. The van der Waals surface area contributed by atoms with Crippen molar-refractivity contribution in [1.29, 1.82) is 0 Å². The Labute approximate surface area is 236 Å². The fraction of sp³-hybridized carbons (Fsp3) is 0.469. The summed E-state index contributed by atoms with van der Waals surface area (Å²) in [6.45, 7) is 12.7. The Morgan fingerprint density at radius 3 is 2.55 bits per heavy atom. The molecule has 2 fully saturated rings. The number of nitrogens with one attached hydrogen (secondary N) is 2. The van der Waals surface area contributed by atoms with E-state index in [1.807, 2.05) is 37.3 Å². The fourth-order valence-corrected chi connectivity index (χ4v) is 5.33. The molecule has 0 bridgehead atoms. The zero-order valence-corrected chi connectivity index (χ0v) is 24.0. The van der Waals surface area contributed by atoms with Crippen LogP contribution >= 0.6 is 0 Å².